The topological polar surface area (TPSA) is 75.8 Å². The minimum Gasteiger partial charge on any atom is -0.440 e. The Hall–Kier alpha value is -1.92. The summed E-state index contributed by atoms with van der Waals surface area (Å²) in [5, 5.41) is 9.66. The van der Waals surface area contributed by atoms with Gasteiger partial charge >= 0.3 is 0 Å². The molecule has 3 fully saturated rings. The Morgan fingerprint density at radius 2 is 2.29 bits per heavy atom. The van der Waals surface area contributed by atoms with E-state index in [-0.39, 0.29) is 42.5 Å². The van der Waals surface area contributed by atoms with Crippen molar-refractivity contribution in [1.29, 1.82) is 0 Å². The number of carbonyl (C=O) groups excluding carboxylic acids is 1. The standard InChI is InChI=1S/C18H20N2O4/c21-9-11-12-8-20(10-18(12)6-5-14(11)24-18)17(22)7-16-19-13-3-1-2-4-15(13)23-16/h1-4,11-12,14,21H,5-10H2/t11-,12+,14+,18+/m1/s1. The van der Waals surface area contributed by atoms with Gasteiger partial charge in [-0.3, -0.25) is 4.79 Å². The molecular formula is C18H20N2O4. The minimum atomic E-state index is -0.227. The summed E-state index contributed by atoms with van der Waals surface area (Å²) < 4.78 is 11.8. The van der Waals surface area contributed by atoms with E-state index in [1.807, 2.05) is 29.2 Å². The number of carbonyl (C=O) groups is 1. The van der Waals surface area contributed by atoms with Crippen LogP contribution in [0.2, 0.25) is 0 Å². The normalized spacial score (nSPS) is 34.2. The van der Waals surface area contributed by atoms with E-state index in [4.69, 9.17) is 9.15 Å². The number of aliphatic hydroxyl groups is 1. The number of likely N-dealkylation sites (tertiary alicyclic amines) is 1. The first kappa shape index (κ1) is 14.4. The molecule has 24 heavy (non-hydrogen) atoms. The average molecular weight is 328 g/mol. The molecule has 6 heteroatoms. The summed E-state index contributed by atoms with van der Waals surface area (Å²) in [5.41, 5.74) is 1.26. The van der Waals surface area contributed by atoms with Crippen LogP contribution < -0.4 is 0 Å². The van der Waals surface area contributed by atoms with Crippen molar-refractivity contribution in [3.8, 4) is 0 Å². The van der Waals surface area contributed by atoms with Gasteiger partial charge in [0.1, 0.15) is 11.9 Å². The zero-order chi connectivity index (χ0) is 16.3. The van der Waals surface area contributed by atoms with Gasteiger partial charge in [-0.15, -0.1) is 0 Å². The second kappa shape index (κ2) is 5.04. The van der Waals surface area contributed by atoms with Crippen molar-refractivity contribution in [2.45, 2.75) is 31.0 Å². The Labute approximate surface area is 139 Å². The SMILES string of the molecule is O=C(Cc1nc2ccccc2o1)N1C[C@H]2[C@@H](CO)[C@@H]3CC[C@@]2(C1)O3. The van der Waals surface area contributed by atoms with Gasteiger partial charge in [0.25, 0.3) is 0 Å². The number of hydrogen-bond acceptors (Lipinski definition) is 5. The first-order valence-corrected chi connectivity index (χ1v) is 8.59. The zero-order valence-corrected chi connectivity index (χ0v) is 13.4. The maximum atomic E-state index is 12.7. The van der Waals surface area contributed by atoms with E-state index in [0.29, 0.717) is 24.6 Å². The Morgan fingerprint density at radius 3 is 3.12 bits per heavy atom. The third-order valence-electron chi connectivity index (χ3n) is 5.99. The minimum absolute atomic E-state index is 0.0223. The van der Waals surface area contributed by atoms with Crippen LogP contribution in [-0.2, 0) is 16.0 Å². The molecule has 1 N–H and O–H groups in total. The lowest BCUT2D eigenvalue weighted by Crippen LogP contribution is -2.38. The number of hydrogen-bond donors (Lipinski definition) is 1. The summed E-state index contributed by atoms with van der Waals surface area (Å²) in [7, 11) is 0. The van der Waals surface area contributed by atoms with Gasteiger partial charge in [0.05, 0.1) is 18.2 Å². The second-order valence-corrected chi connectivity index (χ2v) is 7.24. The summed E-state index contributed by atoms with van der Waals surface area (Å²) in [6.07, 6.45) is 2.33. The first-order chi connectivity index (χ1) is 11.7. The van der Waals surface area contributed by atoms with Gasteiger partial charge in [0.15, 0.2) is 5.58 Å². The number of ether oxygens (including phenoxy) is 1. The Morgan fingerprint density at radius 1 is 1.42 bits per heavy atom. The summed E-state index contributed by atoms with van der Waals surface area (Å²) in [5.74, 6) is 0.906. The number of nitrogens with zero attached hydrogens (tertiary/aromatic N) is 2. The quantitative estimate of drug-likeness (QED) is 0.921. The Bertz CT molecular complexity index is 770. The van der Waals surface area contributed by atoms with Crippen LogP contribution in [0.15, 0.2) is 28.7 Å². The van der Waals surface area contributed by atoms with Crippen LogP contribution in [-0.4, -0.2) is 52.3 Å². The maximum Gasteiger partial charge on any atom is 0.232 e. The summed E-state index contributed by atoms with van der Waals surface area (Å²) in [4.78, 5) is 18.9. The molecule has 4 atom stereocenters. The number of fused-ring (bicyclic) bond motifs is 2. The van der Waals surface area contributed by atoms with Crippen LogP contribution in [0.3, 0.4) is 0 Å². The molecule has 126 valence electrons. The number of benzene rings is 1. The number of amides is 1. The number of para-hydroxylation sites is 2. The predicted molar refractivity (Wildman–Crippen MR) is 85.2 cm³/mol. The third-order valence-corrected chi connectivity index (χ3v) is 5.99. The van der Waals surface area contributed by atoms with Gasteiger partial charge in [-0.1, -0.05) is 12.1 Å². The van der Waals surface area contributed by atoms with Crippen LogP contribution in [0, 0.1) is 11.8 Å². The fourth-order valence-electron chi connectivity index (χ4n) is 4.86. The van der Waals surface area contributed by atoms with Crippen molar-refractivity contribution in [3.63, 3.8) is 0 Å². The molecule has 2 aromatic rings. The molecule has 1 aromatic heterocycles. The van der Waals surface area contributed by atoms with Crippen LogP contribution in [0.4, 0.5) is 0 Å². The van der Waals surface area contributed by atoms with Crippen molar-refractivity contribution >= 4 is 17.0 Å². The second-order valence-electron chi connectivity index (χ2n) is 7.24. The van der Waals surface area contributed by atoms with Gasteiger partial charge in [0, 0.05) is 25.0 Å². The summed E-state index contributed by atoms with van der Waals surface area (Å²) in [6.45, 7) is 1.44. The molecule has 0 aliphatic carbocycles. The largest absolute Gasteiger partial charge is 0.440 e. The van der Waals surface area contributed by atoms with Gasteiger partial charge in [-0.2, -0.15) is 0 Å². The molecule has 1 spiro atoms. The first-order valence-electron chi connectivity index (χ1n) is 8.59. The maximum absolute atomic E-state index is 12.7. The van der Waals surface area contributed by atoms with Crippen molar-refractivity contribution in [3.05, 3.63) is 30.2 Å². The number of aromatic nitrogens is 1. The molecule has 0 unspecified atom stereocenters. The monoisotopic (exact) mass is 328 g/mol. The van der Waals surface area contributed by atoms with Crippen LogP contribution in [0.25, 0.3) is 11.1 Å². The summed E-state index contributed by atoms with van der Waals surface area (Å²) >= 11 is 0. The fourth-order valence-corrected chi connectivity index (χ4v) is 4.86. The molecule has 0 saturated carbocycles. The summed E-state index contributed by atoms with van der Waals surface area (Å²) in [6, 6.07) is 7.53. The van der Waals surface area contributed by atoms with Gasteiger partial charge in [-0.05, 0) is 25.0 Å². The molecule has 6 nitrogen and oxygen atoms in total. The number of aliphatic hydroxyl groups excluding tert-OH is 1. The van der Waals surface area contributed by atoms with E-state index >= 15 is 0 Å². The van der Waals surface area contributed by atoms with Crippen molar-refractivity contribution < 1.29 is 19.1 Å². The van der Waals surface area contributed by atoms with E-state index in [9.17, 15) is 9.90 Å². The van der Waals surface area contributed by atoms with Crippen molar-refractivity contribution in [2.75, 3.05) is 19.7 Å². The number of rotatable bonds is 3. The highest BCUT2D eigenvalue weighted by Crippen LogP contribution is 2.54. The smallest absolute Gasteiger partial charge is 0.232 e. The average Bonchev–Trinajstić information content (AvgIpc) is 3.31. The molecule has 3 aliphatic heterocycles. The molecule has 3 aliphatic rings. The molecule has 2 bridgehead atoms. The molecular weight excluding hydrogens is 308 g/mol. The third kappa shape index (κ3) is 1.96. The highest BCUT2D eigenvalue weighted by Gasteiger charge is 2.63. The molecule has 5 rings (SSSR count). The highest BCUT2D eigenvalue weighted by atomic mass is 16.5. The van der Waals surface area contributed by atoms with Gasteiger partial charge in [0.2, 0.25) is 11.8 Å². The molecule has 3 saturated heterocycles. The fraction of sp³-hybridized carbons (Fsp3) is 0.556. The van der Waals surface area contributed by atoms with Crippen molar-refractivity contribution in [2.24, 2.45) is 11.8 Å². The van der Waals surface area contributed by atoms with Gasteiger partial charge in [-0.25, -0.2) is 4.98 Å². The molecule has 1 aromatic carbocycles. The van der Waals surface area contributed by atoms with Crippen LogP contribution in [0.5, 0.6) is 0 Å². The Balaban J connectivity index is 1.33. The van der Waals surface area contributed by atoms with E-state index in [1.54, 1.807) is 0 Å². The lowest BCUT2D eigenvalue weighted by atomic mass is 9.74. The van der Waals surface area contributed by atoms with Crippen molar-refractivity contribution in [1.82, 2.24) is 9.88 Å². The Kier molecular flexibility index (Phi) is 3.03. The highest BCUT2D eigenvalue weighted by molar-refractivity contribution is 5.80. The van der Waals surface area contributed by atoms with Crippen LogP contribution >= 0.6 is 0 Å². The van der Waals surface area contributed by atoms with Crippen LogP contribution in [0.1, 0.15) is 18.7 Å². The van der Waals surface area contributed by atoms with E-state index < -0.39 is 0 Å². The molecule has 0 radical (unpaired) electrons. The lowest BCUT2D eigenvalue weighted by molar-refractivity contribution is -0.131. The number of oxazole rings is 1. The zero-order valence-electron chi connectivity index (χ0n) is 13.4. The lowest BCUT2D eigenvalue weighted by Gasteiger charge is -2.27. The van der Waals surface area contributed by atoms with E-state index in [2.05, 4.69) is 4.98 Å². The van der Waals surface area contributed by atoms with Gasteiger partial charge < -0.3 is 19.2 Å². The molecule has 1 amide bonds. The van der Waals surface area contributed by atoms with E-state index in [0.717, 1.165) is 18.4 Å². The predicted octanol–water partition coefficient (Wildman–Crippen LogP) is 1.37. The molecule has 4 heterocycles. The van der Waals surface area contributed by atoms with E-state index in [1.165, 1.54) is 0 Å².